The Kier molecular flexibility index (Phi) is 2.01. The van der Waals surface area contributed by atoms with E-state index in [-0.39, 0.29) is 11.7 Å². The monoisotopic (exact) mass is 190 g/mol. The molecule has 0 heterocycles. The molecule has 2 atom stereocenters. The van der Waals surface area contributed by atoms with Gasteiger partial charge in [-0.25, -0.2) is 4.39 Å². The van der Waals surface area contributed by atoms with Gasteiger partial charge in [-0.05, 0) is 24.5 Å². The summed E-state index contributed by atoms with van der Waals surface area (Å²) in [7, 11) is 0. The number of hydrogen-bond donors (Lipinski definition) is 1. The number of halogens is 1. The van der Waals surface area contributed by atoms with Crippen LogP contribution in [0, 0.1) is 17.1 Å². The second-order valence-electron chi connectivity index (χ2n) is 3.76. The summed E-state index contributed by atoms with van der Waals surface area (Å²) >= 11 is 0. The summed E-state index contributed by atoms with van der Waals surface area (Å²) in [5.41, 5.74) is 5.53. The van der Waals surface area contributed by atoms with Gasteiger partial charge >= 0.3 is 0 Å². The Morgan fingerprint density at radius 1 is 1.50 bits per heavy atom. The second-order valence-corrected chi connectivity index (χ2v) is 3.76. The number of hydrogen-bond acceptors (Lipinski definition) is 2. The quantitative estimate of drug-likeness (QED) is 0.735. The minimum Gasteiger partial charge on any atom is -0.313 e. The molecule has 0 aliphatic heterocycles. The first-order valence-corrected chi connectivity index (χ1v) is 4.62. The Bertz CT molecular complexity index is 397. The zero-order valence-electron chi connectivity index (χ0n) is 7.70. The number of nitriles is 1. The molecular weight excluding hydrogens is 179 g/mol. The van der Waals surface area contributed by atoms with E-state index in [0.29, 0.717) is 12.0 Å². The summed E-state index contributed by atoms with van der Waals surface area (Å²) in [6, 6.07) is 8.59. The van der Waals surface area contributed by atoms with Crippen molar-refractivity contribution in [2.24, 2.45) is 5.73 Å². The smallest absolute Gasteiger partial charge is 0.126 e. The first-order valence-electron chi connectivity index (χ1n) is 4.62. The van der Waals surface area contributed by atoms with Crippen LogP contribution in [-0.2, 0) is 0 Å². The molecule has 1 aromatic carbocycles. The summed E-state index contributed by atoms with van der Waals surface area (Å²) in [6.45, 7) is 0. The fraction of sp³-hybridized carbons (Fsp3) is 0.364. The van der Waals surface area contributed by atoms with E-state index in [1.165, 1.54) is 6.07 Å². The first kappa shape index (κ1) is 9.17. The van der Waals surface area contributed by atoms with Gasteiger partial charge in [-0.3, -0.25) is 0 Å². The summed E-state index contributed by atoms with van der Waals surface area (Å²) in [4.78, 5) is 0. The molecule has 1 aliphatic carbocycles. The van der Waals surface area contributed by atoms with Gasteiger partial charge in [0, 0.05) is 5.92 Å². The van der Waals surface area contributed by atoms with E-state index in [0.717, 1.165) is 6.42 Å². The van der Waals surface area contributed by atoms with Gasteiger partial charge < -0.3 is 5.73 Å². The number of nitrogens with two attached hydrogens (primary N) is 1. The molecule has 0 bridgehead atoms. The van der Waals surface area contributed by atoms with Crippen LogP contribution in [0.25, 0.3) is 0 Å². The van der Waals surface area contributed by atoms with Gasteiger partial charge in [0.2, 0.25) is 0 Å². The maximum absolute atomic E-state index is 13.4. The van der Waals surface area contributed by atoms with Gasteiger partial charge in [0.1, 0.15) is 11.4 Å². The Balaban J connectivity index is 2.35. The second kappa shape index (κ2) is 3.07. The molecule has 3 heteroatoms. The highest BCUT2D eigenvalue weighted by Gasteiger charge is 2.45. The van der Waals surface area contributed by atoms with E-state index < -0.39 is 5.54 Å². The number of nitrogens with zero attached hydrogens (tertiary/aromatic N) is 1. The van der Waals surface area contributed by atoms with Crippen LogP contribution in [0.5, 0.6) is 0 Å². The molecule has 0 saturated heterocycles. The SMILES string of the molecule is N#CC1(N)CCC1c1ccccc1F. The van der Waals surface area contributed by atoms with Gasteiger partial charge in [-0.2, -0.15) is 5.26 Å². The molecule has 0 aromatic heterocycles. The Morgan fingerprint density at radius 3 is 2.71 bits per heavy atom. The lowest BCUT2D eigenvalue weighted by Crippen LogP contribution is -2.52. The third-order valence-electron chi connectivity index (χ3n) is 2.96. The fourth-order valence-corrected chi connectivity index (χ4v) is 1.92. The molecule has 2 unspecified atom stereocenters. The Hall–Kier alpha value is -1.40. The highest BCUT2D eigenvalue weighted by Crippen LogP contribution is 2.44. The topological polar surface area (TPSA) is 49.8 Å². The van der Waals surface area contributed by atoms with E-state index in [1.807, 2.05) is 0 Å². The minimum absolute atomic E-state index is 0.145. The van der Waals surface area contributed by atoms with Crippen molar-refractivity contribution in [3.63, 3.8) is 0 Å². The fourth-order valence-electron chi connectivity index (χ4n) is 1.92. The van der Waals surface area contributed by atoms with Crippen LogP contribution in [0.4, 0.5) is 4.39 Å². The maximum atomic E-state index is 13.4. The van der Waals surface area contributed by atoms with Crippen molar-refractivity contribution in [1.29, 1.82) is 5.26 Å². The first-order chi connectivity index (χ1) is 6.67. The predicted octanol–water partition coefficient (Wildman–Crippen LogP) is 1.92. The predicted molar refractivity (Wildman–Crippen MR) is 50.9 cm³/mol. The number of rotatable bonds is 1. The molecule has 2 nitrogen and oxygen atoms in total. The molecule has 0 radical (unpaired) electrons. The van der Waals surface area contributed by atoms with Crippen molar-refractivity contribution in [2.75, 3.05) is 0 Å². The van der Waals surface area contributed by atoms with Gasteiger partial charge in [0.25, 0.3) is 0 Å². The highest BCUT2D eigenvalue weighted by molar-refractivity contribution is 5.33. The van der Waals surface area contributed by atoms with E-state index >= 15 is 0 Å². The van der Waals surface area contributed by atoms with E-state index in [4.69, 9.17) is 11.0 Å². The van der Waals surface area contributed by atoms with Gasteiger partial charge in [-0.1, -0.05) is 18.2 Å². The molecule has 14 heavy (non-hydrogen) atoms. The molecule has 0 amide bonds. The normalized spacial score (nSPS) is 30.5. The number of benzene rings is 1. The van der Waals surface area contributed by atoms with Gasteiger partial charge in [0.15, 0.2) is 0 Å². The van der Waals surface area contributed by atoms with E-state index in [9.17, 15) is 4.39 Å². The van der Waals surface area contributed by atoms with Crippen molar-refractivity contribution in [3.05, 3.63) is 35.6 Å². The standard InChI is InChI=1S/C11H11FN2/c12-10-4-2-1-3-8(10)9-5-6-11(9,14)7-13/h1-4,9H,5-6,14H2. The molecule has 2 N–H and O–H groups in total. The molecule has 1 aliphatic rings. The van der Waals surface area contributed by atoms with Crippen molar-refractivity contribution in [2.45, 2.75) is 24.3 Å². The van der Waals surface area contributed by atoms with Crippen molar-refractivity contribution in [3.8, 4) is 6.07 Å². The minimum atomic E-state index is -0.859. The average Bonchev–Trinajstić information content (AvgIpc) is 2.18. The van der Waals surface area contributed by atoms with Gasteiger partial charge in [0.05, 0.1) is 6.07 Å². The molecule has 0 spiro atoms. The Morgan fingerprint density at radius 2 is 2.21 bits per heavy atom. The summed E-state index contributed by atoms with van der Waals surface area (Å²) < 4.78 is 13.4. The summed E-state index contributed by atoms with van der Waals surface area (Å²) in [6.07, 6.45) is 1.45. The summed E-state index contributed by atoms with van der Waals surface area (Å²) in [5.74, 6) is -0.407. The lowest BCUT2D eigenvalue weighted by molar-refractivity contribution is 0.259. The van der Waals surface area contributed by atoms with E-state index in [2.05, 4.69) is 6.07 Å². The summed E-state index contributed by atoms with van der Waals surface area (Å²) in [5, 5.41) is 8.87. The lowest BCUT2D eigenvalue weighted by Gasteiger charge is -2.41. The molecule has 1 aromatic rings. The van der Waals surface area contributed by atoms with Crippen molar-refractivity contribution < 1.29 is 4.39 Å². The molecule has 72 valence electrons. The van der Waals surface area contributed by atoms with Crippen LogP contribution in [0.1, 0.15) is 24.3 Å². The molecule has 2 rings (SSSR count). The van der Waals surface area contributed by atoms with Crippen LogP contribution in [0.15, 0.2) is 24.3 Å². The third-order valence-corrected chi connectivity index (χ3v) is 2.96. The largest absolute Gasteiger partial charge is 0.313 e. The molecular formula is C11H11FN2. The van der Waals surface area contributed by atoms with Crippen molar-refractivity contribution >= 4 is 0 Å². The molecule has 1 saturated carbocycles. The van der Waals surface area contributed by atoms with Crippen LogP contribution in [0.2, 0.25) is 0 Å². The Labute approximate surface area is 82.1 Å². The third kappa shape index (κ3) is 1.19. The van der Waals surface area contributed by atoms with Crippen LogP contribution in [-0.4, -0.2) is 5.54 Å². The van der Waals surface area contributed by atoms with E-state index in [1.54, 1.807) is 18.2 Å². The molecule has 1 fully saturated rings. The highest BCUT2D eigenvalue weighted by atomic mass is 19.1. The van der Waals surface area contributed by atoms with Gasteiger partial charge in [-0.15, -0.1) is 0 Å². The lowest BCUT2D eigenvalue weighted by atomic mass is 9.65. The van der Waals surface area contributed by atoms with Crippen LogP contribution >= 0.6 is 0 Å². The van der Waals surface area contributed by atoms with Crippen LogP contribution < -0.4 is 5.73 Å². The van der Waals surface area contributed by atoms with Crippen LogP contribution in [0.3, 0.4) is 0 Å². The average molecular weight is 190 g/mol. The zero-order chi connectivity index (χ0) is 10.2. The zero-order valence-corrected chi connectivity index (χ0v) is 7.70. The van der Waals surface area contributed by atoms with Crippen molar-refractivity contribution in [1.82, 2.24) is 0 Å². The maximum Gasteiger partial charge on any atom is 0.126 e.